The summed E-state index contributed by atoms with van der Waals surface area (Å²) in [5.74, 6) is 0.861. The smallest absolute Gasteiger partial charge is 0.127 e. The number of fused-ring (bicyclic) bond motifs is 1. The van der Waals surface area contributed by atoms with Gasteiger partial charge in [0, 0.05) is 75.0 Å². The van der Waals surface area contributed by atoms with Gasteiger partial charge < -0.3 is 9.64 Å². The summed E-state index contributed by atoms with van der Waals surface area (Å²) >= 11 is 0. The maximum atomic E-state index is 9.66. The number of aryl methyl sites for hydroxylation is 1. The highest BCUT2D eigenvalue weighted by molar-refractivity contribution is 5.84. The van der Waals surface area contributed by atoms with E-state index in [1.165, 1.54) is 0 Å². The zero-order valence-corrected chi connectivity index (χ0v) is 20.3. The van der Waals surface area contributed by atoms with Gasteiger partial charge in [-0.05, 0) is 37.8 Å². The number of pyridine rings is 1. The van der Waals surface area contributed by atoms with Crippen LogP contribution in [0.1, 0.15) is 24.5 Å². The first-order chi connectivity index (χ1) is 17.1. The summed E-state index contributed by atoms with van der Waals surface area (Å²) in [5, 5.41) is 18.4. The number of allylic oxidation sites excluding steroid dienone is 3. The van der Waals surface area contributed by atoms with Gasteiger partial charge in [0.2, 0.25) is 0 Å². The normalized spacial score (nSPS) is 19.9. The number of hydrogen-bond acceptors (Lipinski definition) is 7. The summed E-state index contributed by atoms with van der Waals surface area (Å²) in [5.41, 5.74) is 5.28. The van der Waals surface area contributed by atoms with Crippen LogP contribution in [0.4, 0.5) is 0 Å². The number of rotatable bonds is 6. The average Bonchev–Trinajstić information content (AvgIpc) is 3.65. The molecular formula is C26H30N8O. The maximum absolute atomic E-state index is 9.66. The Bertz CT molecular complexity index is 1330. The number of hydrogen-bond donors (Lipinski definition) is 0. The molecule has 5 heterocycles. The number of nitrogens with zero attached hydrogens (tertiary/aromatic N) is 8. The van der Waals surface area contributed by atoms with Gasteiger partial charge in [0.1, 0.15) is 11.9 Å². The second-order valence-electron chi connectivity index (χ2n) is 9.08. The van der Waals surface area contributed by atoms with E-state index in [1.807, 2.05) is 38.6 Å². The van der Waals surface area contributed by atoms with Crippen LogP contribution in [-0.2, 0) is 11.8 Å². The highest BCUT2D eigenvalue weighted by Gasteiger charge is 2.27. The Morgan fingerprint density at radius 2 is 2.00 bits per heavy atom. The van der Waals surface area contributed by atoms with Crippen molar-refractivity contribution < 1.29 is 4.74 Å². The van der Waals surface area contributed by atoms with Crippen LogP contribution in [0.15, 0.2) is 53.8 Å². The molecule has 1 atom stereocenters. The second kappa shape index (κ2) is 9.86. The summed E-state index contributed by atoms with van der Waals surface area (Å²) in [6.07, 6.45) is 12.5. The average molecular weight is 471 g/mol. The van der Waals surface area contributed by atoms with Gasteiger partial charge in [-0.15, -0.1) is 0 Å². The Morgan fingerprint density at radius 1 is 1.17 bits per heavy atom. The molecule has 2 aliphatic rings. The van der Waals surface area contributed by atoms with Crippen molar-refractivity contribution in [1.29, 1.82) is 5.26 Å². The van der Waals surface area contributed by atoms with Crippen LogP contribution < -0.4 is 0 Å². The van der Waals surface area contributed by atoms with E-state index in [-0.39, 0.29) is 0 Å². The third kappa shape index (κ3) is 4.63. The fourth-order valence-corrected chi connectivity index (χ4v) is 4.91. The van der Waals surface area contributed by atoms with Crippen molar-refractivity contribution in [1.82, 2.24) is 29.2 Å². The molecule has 9 nitrogen and oxygen atoms in total. The number of aromatic nitrogens is 4. The molecule has 0 amide bonds. The Labute approximate surface area is 205 Å². The predicted molar refractivity (Wildman–Crippen MR) is 136 cm³/mol. The summed E-state index contributed by atoms with van der Waals surface area (Å²) < 4.78 is 9.11. The molecule has 2 fully saturated rings. The van der Waals surface area contributed by atoms with E-state index in [0.29, 0.717) is 11.6 Å². The fourth-order valence-electron chi connectivity index (χ4n) is 4.91. The molecule has 2 aliphatic heterocycles. The van der Waals surface area contributed by atoms with Crippen LogP contribution >= 0.6 is 0 Å². The summed E-state index contributed by atoms with van der Waals surface area (Å²) in [6, 6.07) is 4.91. The van der Waals surface area contributed by atoms with Crippen molar-refractivity contribution in [3.05, 3.63) is 60.0 Å². The lowest BCUT2D eigenvalue weighted by Gasteiger charge is -2.38. The first-order valence-electron chi connectivity index (χ1n) is 11.9. The molecule has 0 aromatic carbocycles. The lowest BCUT2D eigenvalue weighted by Crippen LogP contribution is -2.49. The summed E-state index contributed by atoms with van der Waals surface area (Å²) in [7, 11) is 1.89. The van der Waals surface area contributed by atoms with E-state index in [0.717, 1.165) is 79.4 Å². The van der Waals surface area contributed by atoms with Crippen molar-refractivity contribution in [2.24, 2.45) is 12.0 Å². The van der Waals surface area contributed by atoms with Gasteiger partial charge in [0.25, 0.3) is 0 Å². The van der Waals surface area contributed by atoms with Crippen LogP contribution in [-0.4, -0.2) is 81.3 Å². The first-order valence-corrected chi connectivity index (χ1v) is 11.9. The minimum atomic E-state index is 0.544. The Hall–Kier alpha value is -3.74. The molecule has 3 aromatic heterocycles. The third-order valence-electron chi connectivity index (χ3n) is 6.90. The van der Waals surface area contributed by atoms with E-state index in [2.05, 4.69) is 49.9 Å². The van der Waals surface area contributed by atoms with Crippen molar-refractivity contribution in [3.8, 4) is 17.2 Å². The molecule has 0 N–H and O–H groups in total. The summed E-state index contributed by atoms with van der Waals surface area (Å²) in [4.78, 5) is 9.13. The molecule has 0 aliphatic carbocycles. The molecule has 5 rings (SSSR count). The molecule has 9 heteroatoms. The van der Waals surface area contributed by atoms with E-state index < -0.39 is 0 Å². The van der Waals surface area contributed by atoms with E-state index in [4.69, 9.17) is 4.74 Å². The monoisotopic (exact) mass is 470 g/mol. The minimum Gasteiger partial charge on any atom is -0.380 e. The Kier molecular flexibility index (Phi) is 6.49. The van der Waals surface area contributed by atoms with Crippen molar-refractivity contribution in [3.63, 3.8) is 0 Å². The van der Waals surface area contributed by atoms with Crippen LogP contribution in [0.2, 0.25) is 0 Å². The first kappa shape index (κ1) is 23.0. The van der Waals surface area contributed by atoms with Crippen molar-refractivity contribution >= 4 is 17.8 Å². The molecule has 0 bridgehead atoms. The number of ether oxygens (including phenoxy) is 1. The van der Waals surface area contributed by atoms with Crippen LogP contribution in [0.5, 0.6) is 0 Å². The number of nitriles is 1. The van der Waals surface area contributed by atoms with Gasteiger partial charge in [-0.25, -0.2) is 9.51 Å². The van der Waals surface area contributed by atoms with E-state index in [9.17, 15) is 5.26 Å². The van der Waals surface area contributed by atoms with Crippen molar-refractivity contribution in [2.75, 3.05) is 39.4 Å². The van der Waals surface area contributed by atoms with Crippen LogP contribution in [0.25, 0.3) is 22.2 Å². The largest absolute Gasteiger partial charge is 0.380 e. The van der Waals surface area contributed by atoms with Gasteiger partial charge >= 0.3 is 0 Å². The molecule has 180 valence electrons. The van der Waals surface area contributed by atoms with E-state index in [1.54, 1.807) is 15.4 Å². The highest BCUT2D eigenvalue weighted by Crippen LogP contribution is 2.29. The van der Waals surface area contributed by atoms with Crippen LogP contribution in [0.3, 0.4) is 0 Å². The minimum absolute atomic E-state index is 0.544. The van der Waals surface area contributed by atoms with Gasteiger partial charge in [-0.2, -0.15) is 15.5 Å². The lowest BCUT2D eigenvalue weighted by molar-refractivity contribution is 0.0987. The maximum Gasteiger partial charge on any atom is 0.127 e. The molecular weight excluding hydrogens is 440 g/mol. The van der Waals surface area contributed by atoms with Crippen molar-refractivity contribution in [2.45, 2.75) is 19.4 Å². The lowest BCUT2D eigenvalue weighted by atomic mass is 10.0. The zero-order chi connectivity index (χ0) is 24.4. The van der Waals surface area contributed by atoms with Gasteiger partial charge in [-0.1, -0.05) is 6.08 Å². The quantitative estimate of drug-likeness (QED) is 0.407. The molecule has 0 saturated carbocycles. The van der Waals surface area contributed by atoms with Crippen LogP contribution in [0, 0.1) is 11.3 Å². The highest BCUT2D eigenvalue weighted by atomic mass is 16.5. The molecule has 1 unspecified atom stereocenters. The number of aliphatic imine (C=N–C) groups is 1. The molecule has 0 radical (unpaired) electrons. The molecule has 3 aromatic rings. The van der Waals surface area contributed by atoms with E-state index >= 15 is 0 Å². The SMILES string of the molecule is C=N/C(=C\C=C(/C)c1cc(-c2cnn(C)c2)cn2ncc(C#N)c12)N1CCN(C2CCOC2)CC1. The predicted octanol–water partition coefficient (Wildman–Crippen LogP) is 2.96. The van der Waals surface area contributed by atoms with Gasteiger partial charge in [0.05, 0.1) is 30.1 Å². The Balaban J connectivity index is 1.43. The summed E-state index contributed by atoms with van der Waals surface area (Å²) in [6.45, 7) is 11.4. The Morgan fingerprint density at radius 3 is 2.66 bits per heavy atom. The molecule has 35 heavy (non-hydrogen) atoms. The standard InChI is InChI=1S/C26H30N8O/c1-19(4-5-25(28-2)33-9-7-32(8-10-33)23-6-11-35-18-23)24-12-20(22-15-29-31(3)16-22)17-34-26(24)21(13-27)14-30-34/h4-5,12,14-17,23H,2,6-11,18H2,1,3H3/b19-4+,25-5+. The fraction of sp³-hybridized carbons (Fsp3) is 0.385. The topological polar surface area (TPSA) is 87.0 Å². The van der Waals surface area contributed by atoms with Gasteiger partial charge in [0.15, 0.2) is 0 Å². The number of piperazine rings is 1. The molecule has 0 spiro atoms. The third-order valence-corrected chi connectivity index (χ3v) is 6.90. The van der Waals surface area contributed by atoms with Gasteiger partial charge in [-0.3, -0.25) is 9.58 Å². The second-order valence-corrected chi connectivity index (χ2v) is 9.08. The zero-order valence-electron chi connectivity index (χ0n) is 20.3. The molecule has 2 saturated heterocycles.